The highest BCUT2D eigenvalue weighted by molar-refractivity contribution is 7.99. The Balaban J connectivity index is 1.48. The Labute approximate surface area is 193 Å². The second-order valence-electron chi connectivity index (χ2n) is 6.43. The van der Waals surface area contributed by atoms with Crippen molar-refractivity contribution in [3.05, 3.63) is 101 Å². The Hall–Kier alpha value is -2.93. The van der Waals surface area contributed by atoms with Crippen LogP contribution >= 0.6 is 35.0 Å². The van der Waals surface area contributed by atoms with Gasteiger partial charge in [-0.15, -0.1) is 0 Å². The first kappa shape index (κ1) is 21.3. The van der Waals surface area contributed by atoms with Gasteiger partial charge in [-0.25, -0.2) is 4.68 Å². The zero-order valence-corrected chi connectivity index (χ0v) is 18.5. The minimum Gasteiger partial charge on any atom is -0.470 e. The molecule has 0 fully saturated rings. The maximum Gasteiger partial charge on any atom is 0.274 e. The number of hydrogen-bond donors (Lipinski definition) is 1. The molecule has 1 amide bonds. The summed E-state index contributed by atoms with van der Waals surface area (Å²) in [4.78, 5) is 14.9. The van der Waals surface area contributed by atoms with Crippen LogP contribution in [0.2, 0.25) is 10.0 Å². The lowest BCUT2D eigenvalue weighted by atomic mass is 10.3. The molecule has 0 bridgehead atoms. The van der Waals surface area contributed by atoms with E-state index in [0.29, 0.717) is 27.2 Å². The van der Waals surface area contributed by atoms with Crippen molar-refractivity contribution >= 4 is 46.6 Å². The van der Waals surface area contributed by atoms with Gasteiger partial charge in [0.25, 0.3) is 5.91 Å². The van der Waals surface area contributed by atoms with E-state index in [2.05, 4.69) is 10.4 Å². The molecule has 3 aromatic carbocycles. The third-order valence-corrected chi connectivity index (χ3v) is 5.95. The molecule has 0 aliphatic carbocycles. The summed E-state index contributed by atoms with van der Waals surface area (Å²) in [6, 6.07) is 23.9. The number of carbonyl (C=O) groups excluding carboxylic acids is 1. The number of carbonyl (C=O) groups is 1. The first-order valence-electron chi connectivity index (χ1n) is 9.33. The van der Waals surface area contributed by atoms with Crippen LogP contribution in [0.3, 0.4) is 0 Å². The minimum absolute atomic E-state index is 0.0562. The van der Waals surface area contributed by atoms with Crippen LogP contribution in [0.25, 0.3) is 0 Å². The van der Waals surface area contributed by atoms with Crippen molar-refractivity contribution in [1.29, 1.82) is 0 Å². The topological polar surface area (TPSA) is 56.2 Å². The molecule has 0 aliphatic rings. The highest BCUT2D eigenvalue weighted by atomic mass is 35.5. The van der Waals surface area contributed by atoms with Gasteiger partial charge in [-0.05, 0) is 54.6 Å². The molecule has 31 heavy (non-hydrogen) atoms. The third kappa shape index (κ3) is 5.41. The molecule has 1 N–H and O–H groups in total. The van der Waals surface area contributed by atoms with E-state index in [4.69, 9.17) is 27.9 Å². The normalized spacial score (nSPS) is 10.6. The summed E-state index contributed by atoms with van der Waals surface area (Å²) < 4.78 is 7.19. The van der Waals surface area contributed by atoms with Gasteiger partial charge in [-0.1, -0.05) is 59.2 Å². The number of ether oxygens (including phenoxy) is 1. The Morgan fingerprint density at radius 3 is 2.52 bits per heavy atom. The third-order valence-electron chi connectivity index (χ3n) is 4.30. The second-order valence-corrected chi connectivity index (χ2v) is 8.39. The summed E-state index contributed by atoms with van der Waals surface area (Å²) in [6.45, 7) is 0.0562. The molecule has 156 valence electrons. The summed E-state index contributed by atoms with van der Waals surface area (Å²) in [7, 11) is 0. The van der Waals surface area contributed by atoms with E-state index in [1.807, 2.05) is 60.7 Å². The number of rotatable bonds is 7. The van der Waals surface area contributed by atoms with E-state index in [1.54, 1.807) is 36.2 Å². The van der Waals surface area contributed by atoms with Crippen LogP contribution in [-0.4, -0.2) is 15.7 Å². The standard InChI is InChI=1S/C23H17Cl2N3O2S/c24-16-9-11-17(12-10-16)31-22-8-4-2-6-19(22)27-23(29)20-13-14-26-28(20)15-30-21-7-3-1-5-18(21)25/h1-14H,15H2,(H,27,29). The first-order chi connectivity index (χ1) is 15.1. The fourth-order valence-electron chi connectivity index (χ4n) is 2.80. The first-order valence-corrected chi connectivity index (χ1v) is 10.9. The van der Waals surface area contributed by atoms with Crippen molar-refractivity contribution in [2.24, 2.45) is 0 Å². The van der Waals surface area contributed by atoms with Crippen molar-refractivity contribution in [3.63, 3.8) is 0 Å². The molecule has 1 aromatic heterocycles. The molecule has 0 unspecified atom stereocenters. The smallest absolute Gasteiger partial charge is 0.274 e. The van der Waals surface area contributed by atoms with Crippen LogP contribution in [0.5, 0.6) is 5.75 Å². The van der Waals surface area contributed by atoms with E-state index in [9.17, 15) is 4.79 Å². The molecule has 0 spiro atoms. The number of nitrogens with zero attached hydrogens (tertiary/aromatic N) is 2. The number of benzene rings is 3. The predicted octanol–water partition coefficient (Wildman–Crippen LogP) is 6.63. The Kier molecular flexibility index (Phi) is 6.82. The van der Waals surface area contributed by atoms with Crippen LogP contribution in [0.4, 0.5) is 5.69 Å². The van der Waals surface area contributed by atoms with Gasteiger partial charge in [-0.3, -0.25) is 4.79 Å². The molecule has 0 saturated heterocycles. The molecule has 0 atom stereocenters. The highest BCUT2D eigenvalue weighted by Crippen LogP contribution is 2.34. The monoisotopic (exact) mass is 469 g/mol. The average Bonchev–Trinajstić information content (AvgIpc) is 3.25. The van der Waals surface area contributed by atoms with Crippen LogP contribution in [0.1, 0.15) is 10.5 Å². The Morgan fingerprint density at radius 2 is 1.71 bits per heavy atom. The van der Waals surface area contributed by atoms with Gasteiger partial charge < -0.3 is 10.1 Å². The molecule has 0 radical (unpaired) electrons. The van der Waals surface area contributed by atoms with Gasteiger partial charge >= 0.3 is 0 Å². The largest absolute Gasteiger partial charge is 0.470 e. The molecular formula is C23H17Cl2N3O2S. The van der Waals surface area contributed by atoms with Gasteiger partial charge in [0, 0.05) is 21.0 Å². The maximum atomic E-state index is 12.9. The molecule has 4 aromatic rings. The molecular weight excluding hydrogens is 453 g/mol. The van der Waals surface area contributed by atoms with Crippen LogP contribution in [0.15, 0.2) is 94.9 Å². The van der Waals surface area contributed by atoms with Gasteiger partial charge in [0.1, 0.15) is 11.4 Å². The Morgan fingerprint density at radius 1 is 0.968 bits per heavy atom. The van der Waals surface area contributed by atoms with Crippen LogP contribution in [0, 0.1) is 0 Å². The van der Waals surface area contributed by atoms with Crippen molar-refractivity contribution in [2.75, 3.05) is 5.32 Å². The van der Waals surface area contributed by atoms with E-state index in [-0.39, 0.29) is 12.6 Å². The Bertz CT molecular complexity index is 1200. The summed E-state index contributed by atoms with van der Waals surface area (Å²) in [5, 5.41) is 8.33. The number of hydrogen-bond acceptors (Lipinski definition) is 4. The van der Waals surface area contributed by atoms with Crippen LogP contribution < -0.4 is 10.1 Å². The molecule has 8 heteroatoms. The fraction of sp³-hybridized carbons (Fsp3) is 0.0435. The van der Waals surface area contributed by atoms with E-state index in [0.717, 1.165) is 9.79 Å². The molecule has 0 saturated carbocycles. The number of halogens is 2. The number of nitrogens with one attached hydrogen (secondary N) is 1. The van der Waals surface area contributed by atoms with Gasteiger partial charge in [0.2, 0.25) is 0 Å². The van der Waals surface area contributed by atoms with E-state index in [1.165, 1.54) is 4.68 Å². The second kappa shape index (κ2) is 9.92. The van der Waals surface area contributed by atoms with Gasteiger partial charge in [-0.2, -0.15) is 5.10 Å². The summed E-state index contributed by atoms with van der Waals surface area (Å²) >= 11 is 13.6. The zero-order valence-electron chi connectivity index (χ0n) is 16.2. The predicted molar refractivity (Wildman–Crippen MR) is 124 cm³/mol. The van der Waals surface area contributed by atoms with Crippen molar-refractivity contribution in [1.82, 2.24) is 9.78 Å². The molecule has 0 aliphatic heterocycles. The molecule has 5 nitrogen and oxygen atoms in total. The van der Waals surface area contributed by atoms with E-state index < -0.39 is 0 Å². The molecule has 4 rings (SSSR count). The highest BCUT2D eigenvalue weighted by Gasteiger charge is 2.15. The molecule has 1 heterocycles. The van der Waals surface area contributed by atoms with Crippen molar-refractivity contribution < 1.29 is 9.53 Å². The summed E-state index contributed by atoms with van der Waals surface area (Å²) in [6.07, 6.45) is 1.55. The quantitative estimate of drug-likeness (QED) is 0.329. The fourth-order valence-corrected chi connectivity index (χ4v) is 4.01. The zero-order chi connectivity index (χ0) is 21.6. The lowest BCUT2D eigenvalue weighted by molar-refractivity contribution is 0.100. The number of anilines is 1. The lowest BCUT2D eigenvalue weighted by Crippen LogP contribution is -2.20. The van der Waals surface area contributed by atoms with E-state index >= 15 is 0 Å². The number of aromatic nitrogens is 2. The lowest BCUT2D eigenvalue weighted by Gasteiger charge is -2.13. The van der Waals surface area contributed by atoms with Gasteiger partial charge in [0.15, 0.2) is 6.73 Å². The van der Waals surface area contributed by atoms with Crippen molar-refractivity contribution in [2.45, 2.75) is 16.5 Å². The number of para-hydroxylation sites is 2. The summed E-state index contributed by atoms with van der Waals surface area (Å²) in [5.41, 5.74) is 1.07. The van der Waals surface area contributed by atoms with Crippen molar-refractivity contribution in [3.8, 4) is 5.75 Å². The minimum atomic E-state index is -0.288. The SMILES string of the molecule is O=C(Nc1ccccc1Sc1ccc(Cl)cc1)c1ccnn1COc1ccccc1Cl. The van der Waals surface area contributed by atoms with Gasteiger partial charge in [0.05, 0.1) is 10.7 Å². The summed E-state index contributed by atoms with van der Waals surface area (Å²) in [5.74, 6) is 0.236. The number of amides is 1. The maximum absolute atomic E-state index is 12.9. The van der Waals surface area contributed by atoms with Crippen LogP contribution in [-0.2, 0) is 6.73 Å². The average molecular weight is 470 g/mol.